The minimum atomic E-state index is -0.459. The smallest absolute Gasteiger partial charge is 0.222 e. The second-order valence-electron chi connectivity index (χ2n) is 3.30. The molecule has 0 aliphatic rings. The van der Waals surface area contributed by atoms with Gasteiger partial charge in [-0.25, -0.2) is 4.39 Å². The Labute approximate surface area is 96.9 Å². The van der Waals surface area contributed by atoms with Gasteiger partial charge in [-0.05, 0) is 6.07 Å². The van der Waals surface area contributed by atoms with Gasteiger partial charge in [0.2, 0.25) is 5.88 Å². The number of nitrogen functional groups attached to an aromatic ring is 1. The van der Waals surface area contributed by atoms with E-state index >= 15 is 0 Å². The third-order valence-corrected chi connectivity index (χ3v) is 2.25. The number of hydrogen-bond acceptors (Lipinski definition) is 5. The van der Waals surface area contributed by atoms with Gasteiger partial charge in [0.1, 0.15) is 11.5 Å². The predicted molar refractivity (Wildman–Crippen MR) is 59.4 cm³/mol. The highest BCUT2D eigenvalue weighted by atomic mass is 19.1. The van der Waals surface area contributed by atoms with Crippen molar-refractivity contribution >= 4 is 5.88 Å². The molecule has 1 aromatic carbocycles. The molecule has 90 valence electrons. The number of methoxy groups -OCH3 is 2. The third-order valence-electron chi connectivity index (χ3n) is 2.25. The molecule has 0 bridgehead atoms. The monoisotopic (exact) mass is 238 g/mol. The van der Waals surface area contributed by atoms with Crippen LogP contribution >= 0.6 is 0 Å². The van der Waals surface area contributed by atoms with Crippen molar-refractivity contribution in [1.82, 2.24) is 5.16 Å². The number of rotatable bonds is 3. The Morgan fingerprint density at radius 3 is 2.53 bits per heavy atom. The first kappa shape index (κ1) is 11.3. The lowest BCUT2D eigenvalue weighted by Crippen LogP contribution is -1.95. The molecular weight excluding hydrogens is 227 g/mol. The average Bonchev–Trinajstić information content (AvgIpc) is 2.74. The van der Waals surface area contributed by atoms with Crippen molar-refractivity contribution in [3.63, 3.8) is 0 Å². The number of nitrogens with zero attached hydrogens (tertiary/aromatic N) is 1. The van der Waals surface area contributed by atoms with Gasteiger partial charge < -0.3 is 19.7 Å². The largest absolute Gasteiger partial charge is 0.493 e. The lowest BCUT2D eigenvalue weighted by molar-refractivity contribution is 0.353. The van der Waals surface area contributed by atoms with Crippen LogP contribution in [0.3, 0.4) is 0 Å². The molecule has 0 saturated carbocycles. The standard InChI is InChI=1S/C11H11FN2O3/c1-15-9-4-6(12)3-7(11(9)16-2)8-5-10(13)17-14-8/h3-5H,13H2,1-2H3. The molecule has 1 heterocycles. The van der Waals surface area contributed by atoms with Crippen LogP contribution in [0.25, 0.3) is 11.3 Å². The Hall–Kier alpha value is -2.24. The molecule has 0 aliphatic heterocycles. The van der Waals surface area contributed by atoms with Gasteiger partial charge >= 0.3 is 0 Å². The number of ether oxygens (including phenoxy) is 2. The Balaban J connectivity index is 2.63. The van der Waals surface area contributed by atoms with E-state index in [1.54, 1.807) is 0 Å². The van der Waals surface area contributed by atoms with Crippen molar-refractivity contribution in [2.75, 3.05) is 20.0 Å². The number of nitrogens with two attached hydrogens (primary N) is 1. The summed E-state index contributed by atoms with van der Waals surface area (Å²) < 4.78 is 28.3. The molecule has 17 heavy (non-hydrogen) atoms. The molecule has 0 amide bonds. The van der Waals surface area contributed by atoms with E-state index in [1.165, 1.54) is 32.4 Å². The van der Waals surface area contributed by atoms with E-state index in [0.29, 0.717) is 17.0 Å². The minimum Gasteiger partial charge on any atom is -0.493 e. The average molecular weight is 238 g/mol. The molecule has 1 aromatic heterocycles. The molecule has 2 N–H and O–H groups in total. The van der Waals surface area contributed by atoms with Crippen LogP contribution < -0.4 is 15.2 Å². The number of anilines is 1. The summed E-state index contributed by atoms with van der Waals surface area (Å²) in [6.07, 6.45) is 0. The van der Waals surface area contributed by atoms with Gasteiger partial charge in [-0.2, -0.15) is 0 Å². The van der Waals surface area contributed by atoms with E-state index in [0.717, 1.165) is 0 Å². The Bertz CT molecular complexity index is 540. The zero-order chi connectivity index (χ0) is 12.4. The van der Waals surface area contributed by atoms with E-state index in [-0.39, 0.29) is 11.6 Å². The maximum Gasteiger partial charge on any atom is 0.222 e. The van der Waals surface area contributed by atoms with Crippen LogP contribution in [0.4, 0.5) is 10.3 Å². The SMILES string of the molecule is COc1cc(F)cc(-c2cc(N)on2)c1OC. The molecule has 0 radical (unpaired) electrons. The minimum absolute atomic E-state index is 0.144. The Morgan fingerprint density at radius 2 is 2.00 bits per heavy atom. The number of aromatic nitrogens is 1. The van der Waals surface area contributed by atoms with Crippen molar-refractivity contribution < 1.29 is 18.4 Å². The highest BCUT2D eigenvalue weighted by Gasteiger charge is 2.17. The molecule has 0 spiro atoms. The van der Waals surface area contributed by atoms with Crippen LogP contribution in [0.1, 0.15) is 0 Å². The molecule has 0 aliphatic carbocycles. The van der Waals surface area contributed by atoms with Crippen molar-refractivity contribution in [3.8, 4) is 22.8 Å². The number of benzene rings is 1. The van der Waals surface area contributed by atoms with E-state index in [9.17, 15) is 4.39 Å². The molecular formula is C11H11FN2O3. The molecule has 6 heteroatoms. The summed E-state index contributed by atoms with van der Waals surface area (Å²) in [5.41, 5.74) is 6.23. The summed E-state index contributed by atoms with van der Waals surface area (Å²) in [5.74, 6) is 0.343. The highest BCUT2D eigenvalue weighted by molar-refractivity contribution is 5.72. The predicted octanol–water partition coefficient (Wildman–Crippen LogP) is 2.08. The van der Waals surface area contributed by atoms with Crippen molar-refractivity contribution in [2.24, 2.45) is 0 Å². The van der Waals surface area contributed by atoms with E-state index in [4.69, 9.17) is 19.7 Å². The molecule has 0 unspecified atom stereocenters. The molecule has 0 saturated heterocycles. The maximum absolute atomic E-state index is 13.4. The normalized spacial score (nSPS) is 10.3. The summed E-state index contributed by atoms with van der Waals surface area (Å²) in [6, 6.07) is 3.99. The van der Waals surface area contributed by atoms with Crippen molar-refractivity contribution in [1.29, 1.82) is 0 Å². The second-order valence-corrected chi connectivity index (χ2v) is 3.30. The first-order valence-corrected chi connectivity index (χ1v) is 4.79. The first-order chi connectivity index (χ1) is 8.15. The quantitative estimate of drug-likeness (QED) is 0.886. The van der Waals surface area contributed by atoms with Gasteiger partial charge in [0, 0.05) is 12.1 Å². The van der Waals surface area contributed by atoms with Gasteiger partial charge in [-0.15, -0.1) is 0 Å². The van der Waals surface area contributed by atoms with Crippen LogP contribution in [-0.4, -0.2) is 19.4 Å². The Morgan fingerprint density at radius 1 is 1.24 bits per heavy atom. The summed E-state index contributed by atoms with van der Waals surface area (Å²) in [7, 11) is 2.89. The van der Waals surface area contributed by atoms with E-state index in [2.05, 4.69) is 5.16 Å². The lowest BCUT2D eigenvalue weighted by atomic mass is 10.1. The van der Waals surface area contributed by atoms with Gasteiger partial charge in [-0.1, -0.05) is 5.16 Å². The van der Waals surface area contributed by atoms with Gasteiger partial charge in [0.05, 0.1) is 19.8 Å². The van der Waals surface area contributed by atoms with Gasteiger partial charge in [-0.3, -0.25) is 0 Å². The fourth-order valence-electron chi connectivity index (χ4n) is 1.54. The van der Waals surface area contributed by atoms with Gasteiger partial charge in [0.15, 0.2) is 11.5 Å². The summed E-state index contributed by atoms with van der Waals surface area (Å²) >= 11 is 0. The number of hydrogen-bond donors (Lipinski definition) is 1. The Kier molecular flexibility index (Phi) is 2.86. The molecule has 0 atom stereocenters. The van der Waals surface area contributed by atoms with E-state index < -0.39 is 5.82 Å². The summed E-state index contributed by atoms with van der Waals surface area (Å²) in [6.45, 7) is 0. The van der Waals surface area contributed by atoms with Crippen LogP contribution in [0.2, 0.25) is 0 Å². The molecule has 2 rings (SSSR count). The summed E-state index contributed by atoms with van der Waals surface area (Å²) in [4.78, 5) is 0. The summed E-state index contributed by atoms with van der Waals surface area (Å²) in [5, 5.41) is 3.71. The number of halogens is 1. The van der Waals surface area contributed by atoms with Crippen LogP contribution in [0.15, 0.2) is 22.7 Å². The fraction of sp³-hybridized carbons (Fsp3) is 0.182. The van der Waals surface area contributed by atoms with E-state index in [1.807, 2.05) is 0 Å². The van der Waals surface area contributed by atoms with Crippen molar-refractivity contribution in [3.05, 3.63) is 24.0 Å². The molecule has 0 fully saturated rings. The zero-order valence-electron chi connectivity index (χ0n) is 9.36. The topological polar surface area (TPSA) is 70.5 Å². The zero-order valence-corrected chi connectivity index (χ0v) is 9.36. The fourth-order valence-corrected chi connectivity index (χ4v) is 1.54. The van der Waals surface area contributed by atoms with Gasteiger partial charge in [0.25, 0.3) is 0 Å². The maximum atomic E-state index is 13.4. The second kappa shape index (κ2) is 4.32. The highest BCUT2D eigenvalue weighted by Crippen LogP contribution is 2.38. The first-order valence-electron chi connectivity index (χ1n) is 4.79. The van der Waals surface area contributed by atoms with Crippen LogP contribution in [0, 0.1) is 5.82 Å². The lowest BCUT2D eigenvalue weighted by Gasteiger charge is -2.11. The molecule has 2 aromatic rings. The van der Waals surface area contributed by atoms with Crippen LogP contribution in [0.5, 0.6) is 11.5 Å². The third kappa shape index (κ3) is 2.01. The van der Waals surface area contributed by atoms with Crippen LogP contribution in [-0.2, 0) is 0 Å². The molecule has 5 nitrogen and oxygen atoms in total. The van der Waals surface area contributed by atoms with Crippen molar-refractivity contribution in [2.45, 2.75) is 0 Å².